The maximum atomic E-state index is 12.5. The summed E-state index contributed by atoms with van der Waals surface area (Å²) in [7, 11) is 0. The number of carbonyl (C=O) groups excluding carboxylic acids is 2. The van der Waals surface area contributed by atoms with Crippen molar-refractivity contribution in [2.75, 3.05) is 5.32 Å². The lowest BCUT2D eigenvalue weighted by molar-refractivity contribution is -0.123. The molecular weight excluding hydrogens is 394 g/mol. The molecule has 1 N–H and O–H groups in total. The molecule has 0 saturated carbocycles. The van der Waals surface area contributed by atoms with Gasteiger partial charge in [-0.1, -0.05) is 18.2 Å². The first-order chi connectivity index (χ1) is 13.4. The number of esters is 1. The van der Waals surface area contributed by atoms with Crippen molar-refractivity contribution in [1.29, 1.82) is 0 Å². The number of amides is 1. The Kier molecular flexibility index (Phi) is 4.91. The van der Waals surface area contributed by atoms with Crippen LogP contribution in [0.25, 0.3) is 19.5 Å². The minimum atomic E-state index is -0.917. The quantitative estimate of drug-likeness (QED) is 0.463. The zero-order valence-corrected chi connectivity index (χ0v) is 17.3. The van der Waals surface area contributed by atoms with Crippen molar-refractivity contribution in [2.24, 2.45) is 0 Å². The summed E-state index contributed by atoms with van der Waals surface area (Å²) in [6.07, 6.45) is 0.703. The number of fused-ring (bicyclic) bond motifs is 3. The molecule has 0 unspecified atom stereocenters. The number of anilines is 1. The molecule has 0 bridgehead atoms. The Labute approximate surface area is 169 Å². The van der Waals surface area contributed by atoms with Gasteiger partial charge in [0.2, 0.25) is 0 Å². The lowest BCUT2D eigenvalue weighted by Crippen LogP contribution is -2.30. The van der Waals surface area contributed by atoms with Crippen LogP contribution in [0.15, 0.2) is 42.6 Å². The van der Waals surface area contributed by atoms with Crippen molar-refractivity contribution in [3.05, 3.63) is 47.5 Å². The highest BCUT2D eigenvalue weighted by atomic mass is 32.1. The molecule has 8 heteroatoms. The number of thiophene rings is 2. The Bertz CT molecular complexity index is 1170. The smallest absolute Gasteiger partial charge is 0.349 e. The molecule has 1 aromatic carbocycles. The molecule has 1 amide bonds. The van der Waals surface area contributed by atoms with Gasteiger partial charge in [-0.15, -0.1) is 22.7 Å². The van der Waals surface area contributed by atoms with Gasteiger partial charge in [-0.05, 0) is 32.9 Å². The Balaban J connectivity index is 1.47. The summed E-state index contributed by atoms with van der Waals surface area (Å²) in [5.41, 5.74) is 0. The summed E-state index contributed by atoms with van der Waals surface area (Å²) in [5, 5.41) is 8.08. The van der Waals surface area contributed by atoms with E-state index in [0.29, 0.717) is 10.7 Å². The van der Waals surface area contributed by atoms with Crippen LogP contribution in [0.2, 0.25) is 0 Å². The van der Waals surface area contributed by atoms with Crippen LogP contribution in [0.1, 0.15) is 36.5 Å². The van der Waals surface area contributed by atoms with E-state index < -0.39 is 12.1 Å². The van der Waals surface area contributed by atoms with Gasteiger partial charge >= 0.3 is 5.97 Å². The molecule has 0 aliphatic carbocycles. The second kappa shape index (κ2) is 7.37. The fourth-order valence-electron chi connectivity index (χ4n) is 2.92. The van der Waals surface area contributed by atoms with Crippen molar-refractivity contribution in [3.63, 3.8) is 0 Å². The lowest BCUT2D eigenvalue weighted by Gasteiger charge is -2.15. The number of carbonyl (C=O) groups is 2. The molecule has 28 heavy (non-hydrogen) atoms. The molecule has 3 heterocycles. The molecule has 0 fully saturated rings. The molecule has 4 aromatic rings. The molecule has 6 nitrogen and oxygen atoms in total. The fourth-order valence-corrected chi connectivity index (χ4v) is 5.33. The van der Waals surface area contributed by atoms with E-state index in [1.165, 1.54) is 16.0 Å². The molecule has 1 atom stereocenters. The normalized spacial score (nSPS) is 12.6. The predicted molar refractivity (Wildman–Crippen MR) is 113 cm³/mol. The number of hydrogen-bond acceptors (Lipinski definition) is 6. The van der Waals surface area contributed by atoms with Gasteiger partial charge in [0.1, 0.15) is 10.7 Å². The minimum Gasteiger partial charge on any atom is -0.448 e. The number of aromatic nitrogens is 2. The molecule has 144 valence electrons. The number of rotatable bonds is 5. The van der Waals surface area contributed by atoms with E-state index in [4.69, 9.17) is 4.74 Å². The van der Waals surface area contributed by atoms with Gasteiger partial charge in [-0.2, -0.15) is 5.10 Å². The van der Waals surface area contributed by atoms with Crippen molar-refractivity contribution in [2.45, 2.75) is 32.9 Å². The van der Waals surface area contributed by atoms with Gasteiger partial charge in [0.15, 0.2) is 6.10 Å². The third kappa shape index (κ3) is 3.41. The van der Waals surface area contributed by atoms with E-state index in [1.807, 2.05) is 38.1 Å². The van der Waals surface area contributed by atoms with Gasteiger partial charge in [0, 0.05) is 26.9 Å². The van der Waals surface area contributed by atoms with E-state index in [1.54, 1.807) is 35.2 Å². The predicted octanol–water partition coefficient (Wildman–Crippen LogP) is 5.08. The zero-order valence-electron chi connectivity index (χ0n) is 15.6. The van der Waals surface area contributed by atoms with E-state index in [2.05, 4.69) is 16.5 Å². The SMILES string of the molecule is CC(C)n1nccc1NC(=O)[C@H](C)OC(=O)c1cc2sc3ccccc3c2s1. The number of nitrogens with zero attached hydrogens (tertiary/aromatic N) is 2. The summed E-state index contributed by atoms with van der Waals surface area (Å²) in [5.74, 6) is -0.303. The van der Waals surface area contributed by atoms with Crippen molar-refractivity contribution in [1.82, 2.24) is 9.78 Å². The summed E-state index contributed by atoms with van der Waals surface area (Å²) >= 11 is 3.04. The number of ether oxygens (including phenoxy) is 1. The Morgan fingerprint density at radius 1 is 1.11 bits per heavy atom. The van der Waals surface area contributed by atoms with Crippen molar-refractivity contribution >= 4 is 59.9 Å². The maximum absolute atomic E-state index is 12.5. The highest BCUT2D eigenvalue weighted by molar-refractivity contribution is 7.33. The van der Waals surface area contributed by atoms with Gasteiger partial charge < -0.3 is 10.1 Å². The first kappa shape index (κ1) is 18.6. The van der Waals surface area contributed by atoms with Gasteiger partial charge in [-0.25, -0.2) is 9.48 Å². The maximum Gasteiger partial charge on any atom is 0.349 e. The van der Waals surface area contributed by atoms with Crippen LogP contribution in [0.3, 0.4) is 0 Å². The standard InChI is InChI=1S/C20H19N3O3S2/c1-11(2)23-17(8-9-21-23)22-19(24)12(3)26-20(25)16-10-15-18(28-16)13-6-4-5-7-14(13)27-15/h4-12H,1-3H3,(H,22,24)/t12-/m0/s1. The van der Waals surface area contributed by atoms with Crippen LogP contribution in [-0.2, 0) is 9.53 Å². The molecule has 0 radical (unpaired) electrons. The number of hydrogen-bond donors (Lipinski definition) is 1. The average molecular weight is 414 g/mol. The summed E-state index contributed by atoms with van der Waals surface area (Å²) in [6.45, 7) is 5.51. The third-order valence-electron chi connectivity index (χ3n) is 4.31. The first-order valence-corrected chi connectivity index (χ1v) is 10.5. The van der Waals surface area contributed by atoms with Gasteiger partial charge in [0.05, 0.1) is 10.9 Å². The Morgan fingerprint density at radius 3 is 2.68 bits per heavy atom. The Morgan fingerprint density at radius 2 is 1.89 bits per heavy atom. The summed E-state index contributed by atoms with van der Waals surface area (Å²) < 4.78 is 10.4. The highest BCUT2D eigenvalue weighted by Crippen LogP contribution is 2.39. The number of nitrogens with one attached hydrogen (secondary N) is 1. The molecule has 0 aliphatic heterocycles. The van der Waals surface area contributed by atoms with E-state index in [0.717, 1.165) is 14.8 Å². The van der Waals surface area contributed by atoms with Crippen molar-refractivity contribution < 1.29 is 14.3 Å². The average Bonchev–Trinajstić information content (AvgIpc) is 3.35. The topological polar surface area (TPSA) is 73.2 Å². The van der Waals surface area contributed by atoms with Crippen LogP contribution in [0.5, 0.6) is 0 Å². The third-order valence-corrected chi connectivity index (χ3v) is 6.71. The monoisotopic (exact) mass is 413 g/mol. The van der Waals surface area contributed by atoms with E-state index in [9.17, 15) is 9.59 Å². The highest BCUT2D eigenvalue weighted by Gasteiger charge is 2.22. The number of benzene rings is 1. The van der Waals surface area contributed by atoms with Crippen LogP contribution in [0, 0.1) is 0 Å². The van der Waals surface area contributed by atoms with Crippen LogP contribution in [0.4, 0.5) is 5.82 Å². The Hall–Kier alpha value is -2.71. The fraction of sp³-hybridized carbons (Fsp3) is 0.250. The van der Waals surface area contributed by atoms with Crippen molar-refractivity contribution in [3.8, 4) is 0 Å². The second-order valence-corrected chi connectivity index (χ2v) is 8.83. The summed E-state index contributed by atoms with van der Waals surface area (Å²) in [4.78, 5) is 25.5. The van der Waals surface area contributed by atoms with Gasteiger partial charge in [0.25, 0.3) is 5.91 Å². The summed E-state index contributed by atoms with van der Waals surface area (Å²) in [6, 6.07) is 11.8. The minimum absolute atomic E-state index is 0.108. The van der Waals surface area contributed by atoms with E-state index >= 15 is 0 Å². The van der Waals surface area contributed by atoms with Crippen LogP contribution in [-0.4, -0.2) is 27.8 Å². The molecular formula is C20H19N3O3S2. The molecule has 0 saturated heterocycles. The van der Waals surface area contributed by atoms with Crippen LogP contribution >= 0.6 is 22.7 Å². The first-order valence-electron chi connectivity index (χ1n) is 8.90. The van der Waals surface area contributed by atoms with Crippen LogP contribution < -0.4 is 5.32 Å². The molecule has 0 spiro atoms. The molecule has 3 aromatic heterocycles. The zero-order chi connectivity index (χ0) is 19.8. The van der Waals surface area contributed by atoms with Gasteiger partial charge in [-0.3, -0.25) is 4.79 Å². The largest absolute Gasteiger partial charge is 0.448 e. The van der Waals surface area contributed by atoms with E-state index in [-0.39, 0.29) is 11.9 Å². The lowest BCUT2D eigenvalue weighted by atomic mass is 10.2. The molecule has 0 aliphatic rings. The second-order valence-electron chi connectivity index (χ2n) is 6.69. The molecule has 4 rings (SSSR count).